The standard InChI is InChI=1S/C22H38F3N5O/c1-2-26-21(27-11-7-17-8-12-29(13-9-17)16-22(23,24)25)28-19-10-14-30(15-19)20(31)18-5-3-4-6-18/h17-19H,2-16H2,1H3,(H2,26,27,28). The first-order chi connectivity index (χ1) is 14.8. The zero-order valence-corrected chi connectivity index (χ0v) is 18.7. The minimum atomic E-state index is -4.11. The Kier molecular flexibility index (Phi) is 8.86. The number of hydrogen-bond acceptors (Lipinski definition) is 3. The number of rotatable bonds is 7. The lowest BCUT2D eigenvalue weighted by molar-refractivity contribution is -0.148. The Hall–Kier alpha value is -1.51. The second-order valence-electron chi connectivity index (χ2n) is 9.28. The number of alkyl halides is 3. The molecule has 2 saturated heterocycles. The molecule has 0 spiro atoms. The van der Waals surface area contributed by atoms with Gasteiger partial charge in [0.05, 0.1) is 6.54 Å². The molecule has 0 bridgehead atoms. The maximum atomic E-state index is 12.6. The molecule has 9 heteroatoms. The number of nitrogens with one attached hydrogen (secondary N) is 2. The van der Waals surface area contributed by atoms with Crippen molar-refractivity contribution in [2.75, 3.05) is 45.8 Å². The molecule has 178 valence electrons. The number of carbonyl (C=O) groups is 1. The van der Waals surface area contributed by atoms with Gasteiger partial charge in [0.1, 0.15) is 0 Å². The molecule has 31 heavy (non-hydrogen) atoms. The molecule has 0 radical (unpaired) electrons. The van der Waals surface area contributed by atoms with Gasteiger partial charge in [-0.2, -0.15) is 13.2 Å². The van der Waals surface area contributed by atoms with Gasteiger partial charge in [0.15, 0.2) is 5.96 Å². The van der Waals surface area contributed by atoms with Gasteiger partial charge >= 0.3 is 6.18 Å². The summed E-state index contributed by atoms with van der Waals surface area (Å²) in [7, 11) is 0. The van der Waals surface area contributed by atoms with Crippen molar-refractivity contribution in [3.63, 3.8) is 0 Å². The molecule has 0 aromatic heterocycles. The molecular weight excluding hydrogens is 407 g/mol. The summed E-state index contributed by atoms with van der Waals surface area (Å²) < 4.78 is 37.6. The van der Waals surface area contributed by atoms with Gasteiger partial charge in [-0.05, 0) is 64.5 Å². The van der Waals surface area contributed by atoms with E-state index in [-0.39, 0.29) is 12.0 Å². The van der Waals surface area contributed by atoms with Gasteiger partial charge in [-0.25, -0.2) is 0 Å². The monoisotopic (exact) mass is 445 g/mol. The number of hydrogen-bond donors (Lipinski definition) is 2. The van der Waals surface area contributed by atoms with Crippen molar-refractivity contribution < 1.29 is 18.0 Å². The van der Waals surface area contributed by atoms with Crippen LogP contribution >= 0.6 is 0 Å². The number of likely N-dealkylation sites (tertiary alicyclic amines) is 2. The largest absolute Gasteiger partial charge is 0.401 e. The summed E-state index contributed by atoms with van der Waals surface area (Å²) in [6, 6.07) is 0.216. The van der Waals surface area contributed by atoms with E-state index >= 15 is 0 Å². The Bertz CT molecular complexity index is 598. The number of amides is 1. The highest BCUT2D eigenvalue weighted by Crippen LogP contribution is 2.28. The van der Waals surface area contributed by atoms with Crippen LogP contribution in [0.15, 0.2) is 4.99 Å². The van der Waals surface area contributed by atoms with Crippen LogP contribution in [0.2, 0.25) is 0 Å². The minimum Gasteiger partial charge on any atom is -0.357 e. The molecule has 6 nitrogen and oxygen atoms in total. The van der Waals surface area contributed by atoms with E-state index in [1.807, 2.05) is 11.8 Å². The first kappa shape index (κ1) is 24.1. The van der Waals surface area contributed by atoms with Crippen LogP contribution in [0.4, 0.5) is 13.2 Å². The molecule has 1 atom stereocenters. The van der Waals surface area contributed by atoms with E-state index in [0.29, 0.717) is 31.5 Å². The number of carbonyl (C=O) groups excluding carboxylic acids is 1. The van der Waals surface area contributed by atoms with Crippen molar-refractivity contribution in [1.29, 1.82) is 0 Å². The Morgan fingerprint density at radius 3 is 2.42 bits per heavy atom. The maximum Gasteiger partial charge on any atom is 0.401 e. The zero-order chi connectivity index (χ0) is 22.3. The molecule has 0 aromatic rings. The predicted octanol–water partition coefficient (Wildman–Crippen LogP) is 3.00. The van der Waals surface area contributed by atoms with Crippen LogP contribution in [-0.4, -0.2) is 79.7 Å². The van der Waals surface area contributed by atoms with E-state index in [2.05, 4.69) is 10.6 Å². The van der Waals surface area contributed by atoms with Crippen LogP contribution in [0.5, 0.6) is 0 Å². The highest BCUT2D eigenvalue weighted by atomic mass is 19.4. The van der Waals surface area contributed by atoms with E-state index in [4.69, 9.17) is 4.99 Å². The summed E-state index contributed by atoms with van der Waals surface area (Å²) >= 11 is 0. The first-order valence-electron chi connectivity index (χ1n) is 12.0. The summed E-state index contributed by atoms with van der Waals surface area (Å²) in [5, 5.41) is 6.76. The van der Waals surface area contributed by atoms with Crippen molar-refractivity contribution in [3.8, 4) is 0 Å². The first-order valence-corrected chi connectivity index (χ1v) is 12.0. The van der Waals surface area contributed by atoms with E-state index in [0.717, 1.165) is 64.1 Å². The fourth-order valence-corrected chi connectivity index (χ4v) is 5.07. The van der Waals surface area contributed by atoms with Gasteiger partial charge in [0.25, 0.3) is 0 Å². The molecule has 1 aliphatic carbocycles. The zero-order valence-electron chi connectivity index (χ0n) is 18.7. The van der Waals surface area contributed by atoms with Gasteiger partial charge < -0.3 is 15.5 Å². The third kappa shape index (κ3) is 7.84. The Balaban J connectivity index is 1.39. The van der Waals surface area contributed by atoms with Gasteiger partial charge in [0, 0.05) is 38.1 Å². The molecule has 2 N–H and O–H groups in total. The van der Waals surface area contributed by atoms with Crippen molar-refractivity contribution in [2.24, 2.45) is 16.8 Å². The van der Waals surface area contributed by atoms with Gasteiger partial charge in [-0.15, -0.1) is 0 Å². The lowest BCUT2D eigenvalue weighted by Crippen LogP contribution is -2.45. The Morgan fingerprint density at radius 1 is 1.06 bits per heavy atom. The molecule has 2 heterocycles. The average molecular weight is 446 g/mol. The van der Waals surface area contributed by atoms with E-state index in [1.165, 1.54) is 17.7 Å². The molecule has 1 saturated carbocycles. The molecule has 3 aliphatic rings. The Morgan fingerprint density at radius 2 is 1.77 bits per heavy atom. The third-order valence-electron chi connectivity index (χ3n) is 6.81. The summed E-state index contributed by atoms with van der Waals surface area (Å²) in [5.74, 6) is 1.75. The lowest BCUT2D eigenvalue weighted by Gasteiger charge is -2.32. The number of nitrogens with zero attached hydrogens (tertiary/aromatic N) is 3. The summed E-state index contributed by atoms with van der Waals surface area (Å²) in [4.78, 5) is 20.8. The van der Waals surface area contributed by atoms with Crippen LogP contribution in [0.25, 0.3) is 0 Å². The van der Waals surface area contributed by atoms with Crippen molar-refractivity contribution in [1.82, 2.24) is 20.4 Å². The number of guanidine groups is 1. The topological polar surface area (TPSA) is 60.0 Å². The molecule has 1 amide bonds. The normalized spacial score (nSPS) is 24.7. The molecular formula is C22H38F3N5O. The van der Waals surface area contributed by atoms with Crippen LogP contribution in [0, 0.1) is 11.8 Å². The second kappa shape index (κ2) is 11.4. The van der Waals surface area contributed by atoms with Crippen LogP contribution in [0.3, 0.4) is 0 Å². The molecule has 3 fully saturated rings. The molecule has 3 rings (SSSR count). The third-order valence-corrected chi connectivity index (χ3v) is 6.81. The highest BCUT2D eigenvalue weighted by Gasteiger charge is 2.33. The highest BCUT2D eigenvalue weighted by molar-refractivity contribution is 5.81. The van der Waals surface area contributed by atoms with Crippen LogP contribution < -0.4 is 10.6 Å². The predicted molar refractivity (Wildman–Crippen MR) is 116 cm³/mol. The number of halogens is 3. The number of piperidine rings is 1. The maximum absolute atomic E-state index is 12.6. The lowest BCUT2D eigenvalue weighted by atomic mass is 9.93. The van der Waals surface area contributed by atoms with Crippen molar-refractivity contribution in [2.45, 2.75) is 70.5 Å². The van der Waals surface area contributed by atoms with Crippen LogP contribution in [-0.2, 0) is 4.79 Å². The van der Waals surface area contributed by atoms with Gasteiger partial charge in [-0.1, -0.05) is 12.8 Å². The van der Waals surface area contributed by atoms with Gasteiger partial charge in [-0.3, -0.25) is 14.7 Å². The second-order valence-corrected chi connectivity index (χ2v) is 9.28. The van der Waals surface area contributed by atoms with E-state index in [1.54, 1.807) is 0 Å². The fourth-order valence-electron chi connectivity index (χ4n) is 5.07. The molecule has 2 aliphatic heterocycles. The fraction of sp³-hybridized carbons (Fsp3) is 0.909. The summed E-state index contributed by atoms with van der Waals surface area (Å²) in [5.41, 5.74) is 0. The average Bonchev–Trinajstić information content (AvgIpc) is 3.40. The van der Waals surface area contributed by atoms with Crippen molar-refractivity contribution in [3.05, 3.63) is 0 Å². The quantitative estimate of drug-likeness (QED) is 0.467. The van der Waals surface area contributed by atoms with Crippen molar-refractivity contribution >= 4 is 11.9 Å². The van der Waals surface area contributed by atoms with Crippen LogP contribution in [0.1, 0.15) is 58.3 Å². The Labute approximate surface area is 184 Å². The van der Waals surface area contributed by atoms with E-state index in [9.17, 15) is 18.0 Å². The minimum absolute atomic E-state index is 0.216. The number of aliphatic imine (C=N–C) groups is 1. The smallest absolute Gasteiger partial charge is 0.357 e. The molecule has 0 aromatic carbocycles. The van der Waals surface area contributed by atoms with E-state index < -0.39 is 12.7 Å². The molecule has 1 unspecified atom stereocenters. The van der Waals surface area contributed by atoms with Gasteiger partial charge in [0.2, 0.25) is 5.91 Å². The summed E-state index contributed by atoms with van der Waals surface area (Å²) in [6.07, 6.45) is 3.73. The SMILES string of the molecule is CCNC(=NCCC1CCN(CC(F)(F)F)CC1)NC1CCN(C(=O)C2CCCC2)C1. The summed E-state index contributed by atoms with van der Waals surface area (Å²) in [6.45, 7) is 5.22.